The molecule has 2 aliphatic heterocycles. The fourth-order valence-electron chi connectivity index (χ4n) is 7.46. The zero-order valence-electron chi connectivity index (χ0n) is 22.0. The van der Waals surface area contributed by atoms with Crippen LogP contribution in [0.4, 0.5) is 0 Å². The fraction of sp³-hybridized carbons (Fsp3) is 0.333. The van der Waals surface area contributed by atoms with E-state index >= 15 is 0 Å². The molecule has 1 fully saturated rings. The molecular formula is C33H32N2O4. The lowest BCUT2D eigenvalue weighted by Crippen LogP contribution is -2.64. The molecule has 5 atom stereocenters. The first-order valence-corrected chi connectivity index (χ1v) is 13.8. The van der Waals surface area contributed by atoms with E-state index in [1.54, 1.807) is 0 Å². The van der Waals surface area contributed by atoms with Crippen LogP contribution in [0.5, 0.6) is 5.75 Å². The van der Waals surface area contributed by atoms with Crippen molar-refractivity contribution in [1.29, 1.82) is 0 Å². The second-order valence-corrected chi connectivity index (χ2v) is 11.4. The second-order valence-electron chi connectivity index (χ2n) is 11.4. The number of aliphatic hydroxyl groups is 1. The summed E-state index contributed by atoms with van der Waals surface area (Å²) in [7, 11) is 2.19. The van der Waals surface area contributed by atoms with E-state index in [0.29, 0.717) is 35.9 Å². The maximum atomic E-state index is 13.4. The molecular weight excluding hydrogens is 488 g/mol. The van der Waals surface area contributed by atoms with Gasteiger partial charge in [-0.3, -0.25) is 9.59 Å². The average molecular weight is 521 g/mol. The molecule has 0 radical (unpaired) electrons. The highest BCUT2D eigenvalue weighted by Gasteiger charge is 2.64. The topological polar surface area (TPSA) is 78.9 Å². The number of benzene rings is 3. The first kappa shape index (κ1) is 24.3. The Bertz CT molecular complexity index is 1480. The zero-order chi connectivity index (χ0) is 26.7. The number of nitrogens with zero attached hydrogens (tertiary/aromatic N) is 1. The minimum absolute atomic E-state index is 0.135. The number of likely N-dealkylation sites (N-methyl/N-ethyl adjacent to an activating group) is 1. The number of aldehydes is 1. The number of carbonyl (C=O) groups excluding carboxylic acids is 2. The van der Waals surface area contributed by atoms with Gasteiger partial charge in [0.25, 0.3) is 5.91 Å². The number of aliphatic hydroxyl groups excluding tert-OH is 1. The van der Waals surface area contributed by atoms with Crippen molar-refractivity contribution in [2.24, 2.45) is 5.92 Å². The summed E-state index contributed by atoms with van der Waals surface area (Å²) in [6, 6.07) is 20.2. The maximum Gasteiger partial charge on any atom is 0.255 e. The summed E-state index contributed by atoms with van der Waals surface area (Å²) in [4.78, 5) is 26.7. The van der Waals surface area contributed by atoms with Crippen LogP contribution in [0, 0.1) is 5.92 Å². The first-order chi connectivity index (χ1) is 19.0. The molecule has 198 valence electrons. The highest BCUT2D eigenvalue weighted by atomic mass is 16.5. The van der Waals surface area contributed by atoms with Crippen LogP contribution in [0.15, 0.2) is 72.8 Å². The number of nitrogens with one attached hydrogen (secondary N) is 1. The zero-order valence-corrected chi connectivity index (χ0v) is 22.0. The lowest BCUT2D eigenvalue weighted by atomic mass is 9.53. The van der Waals surface area contributed by atoms with Gasteiger partial charge in [-0.25, -0.2) is 0 Å². The number of hydrogen-bond acceptors (Lipinski definition) is 5. The molecule has 1 spiro atoms. The molecule has 1 amide bonds. The molecule has 2 bridgehead atoms. The number of likely N-dealkylation sites (tertiary alicyclic amines) is 1. The van der Waals surface area contributed by atoms with E-state index in [4.69, 9.17) is 4.74 Å². The standard InChI is InChI=1S/C33H32N2O4/c1-35-17-15-33-26-12-13-28(37)31(33)39-30-25(11-10-24(29(30)33)18-27(26)35)32(38)34-16-14-20-2-6-22(7-3-20)23-8-4-21(19-36)5-9-23/h2-13,19,26-28,31,37H,14-18H2,1H3,(H,34,38)/t26-,27?,28-,31-,33?/m0/s1. The van der Waals surface area contributed by atoms with Gasteiger partial charge < -0.3 is 20.1 Å². The molecule has 2 unspecified atom stereocenters. The van der Waals surface area contributed by atoms with E-state index in [0.717, 1.165) is 47.9 Å². The van der Waals surface area contributed by atoms with E-state index in [1.165, 1.54) is 5.56 Å². The van der Waals surface area contributed by atoms with Crippen LogP contribution in [0.2, 0.25) is 0 Å². The van der Waals surface area contributed by atoms with Crippen LogP contribution in [-0.4, -0.2) is 60.6 Å². The van der Waals surface area contributed by atoms with Gasteiger partial charge in [0, 0.05) is 35.0 Å². The molecule has 1 saturated heterocycles. The van der Waals surface area contributed by atoms with E-state index in [9.17, 15) is 14.7 Å². The van der Waals surface area contributed by atoms with E-state index < -0.39 is 6.10 Å². The summed E-state index contributed by atoms with van der Waals surface area (Å²) in [6.45, 7) is 1.47. The Morgan fingerprint density at radius 2 is 1.82 bits per heavy atom. The summed E-state index contributed by atoms with van der Waals surface area (Å²) in [5, 5.41) is 14.0. The molecule has 2 N–H and O–H groups in total. The molecule has 0 saturated carbocycles. The van der Waals surface area contributed by atoms with E-state index in [2.05, 4.69) is 53.7 Å². The summed E-state index contributed by atoms with van der Waals surface area (Å²) >= 11 is 0. The Kier molecular flexibility index (Phi) is 5.72. The lowest BCUT2D eigenvalue weighted by Gasteiger charge is -2.56. The third-order valence-electron chi connectivity index (χ3n) is 9.45. The Labute approximate surface area is 228 Å². The Hall–Kier alpha value is -3.74. The third-order valence-corrected chi connectivity index (χ3v) is 9.45. The Balaban J connectivity index is 1.08. The third kappa shape index (κ3) is 3.69. The van der Waals surface area contributed by atoms with Crippen molar-refractivity contribution < 1.29 is 19.4 Å². The number of rotatable bonds is 6. The van der Waals surface area contributed by atoms with Gasteiger partial charge in [-0.05, 0) is 61.2 Å². The van der Waals surface area contributed by atoms with Gasteiger partial charge in [0.15, 0.2) is 0 Å². The summed E-state index contributed by atoms with van der Waals surface area (Å²) in [6.07, 6.45) is 6.47. The molecule has 39 heavy (non-hydrogen) atoms. The van der Waals surface area contributed by atoms with Crippen LogP contribution >= 0.6 is 0 Å². The Morgan fingerprint density at radius 3 is 2.56 bits per heavy atom. The van der Waals surface area contributed by atoms with Gasteiger partial charge in [-0.15, -0.1) is 0 Å². The number of carbonyl (C=O) groups is 2. The molecule has 2 heterocycles. The summed E-state index contributed by atoms with van der Waals surface area (Å²) in [5.74, 6) is 0.821. The maximum absolute atomic E-state index is 13.4. The van der Waals surface area contributed by atoms with Crippen molar-refractivity contribution in [3.8, 4) is 16.9 Å². The van der Waals surface area contributed by atoms with Gasteiger partial charge in [0.2, 0.25) is 0 Å². The predicted octanol–water partition coefficient (Wildman–Crippen LogP) is 3.94. The number of piperidine rings is 1. The van der Waals surface area contributed by atoms with E-state index in [-0.39, 0.29) is 23.3 Å². The van der Waals surface area contributed by atoms with Crippen LogP contribution in [0.3, 0.4) is 0 Å². The van der Waals surface area contributed by atoms with Crippen molar-refractivity contribution in [1.82, 2.24) is 10.2 Å². The average Bonchev–Trinajstić information content (AvgIpc) is 3.32. The molecule has 6 heteroatoms. The van der Waals surface area contributed by atoms with Crippen LogP contribution in [0.25, 0.3) is 11.1 Å². The van der Waals surface area contributed by atoms with Crippen LogP contribution in [0.1, 0.15) is 43.8 Å². The molecule has 2 aliphatic carbocycles. The van der Waals surface area contributed by atoms with Gasteiger partial charge in [0.1, 0.15) is 24.2 Å². The highest BCUT2D eigenvalue weighted by Crippen LogP contribution is 2.61. The van der Waals surface area contributed by atoms with Crippen molar-refractivity contribution in [2.45, 2.75) is 42.9 Å². The van der Waals surface area contributed by atoms with Crippen LogP contribution in [-0.2, 0) is 18.3 Å². The smallest absolute Gasteiger partial charge is 0.255 e. The van der Waals surface area contributed by atoms with Crippen molar-refractivity contribution in [3.05, 3.63) is 101 Å². The number of amides is 1. The minimum atomic E-state index is -0.675. The number of hydrogen-bond donors (Lipinski definition) is 2. The predicted molar refractivity (Wildman–Crippen MR) is 149 cm³/mol. The normalized spacial score (nSPS) is 27.9. The monoisotopic (exact) mass is 520 g/mol. The van der Waals surface area contributed by atoms with Gasteiger partial charge in [-0.2, -0.15) is 0 Å². The molecule has 7 rings (SSSR count). The van der Waals surface area contributed by atoms with Crippen molar-refractivity contribution in [2.75, 3.05) is 20.1 Å². The SMILES string of the molecule is CN1CCC23c4c5ccc(C(=O)NCCc6ccc(-c7ccc(C=O)cc7)cc6)c4O[C@H]2[C@@H](O)C=C[C@H]3C1C5. The minimum Gasteiger partial charge on any atom is -0.485 e. The lowest BCUT2D eigenvalue weighted by molar-refractivity contribution is -0.0451. The largest absolute Gasteiger partial charge is 0.485 e. The molecule has 0 aromatic heterocycles. The molecule has 3 aromatic rings. The summed E-state index contributed by atoms with van der Waals surface area (Å²) in [5.41, 5.74) is 6.65. The number of ether oxygens (including phenoxy) is 1. The van der Waals surface area contributed by atoms with Gasteiger partial charge in [-0.1, -0.05) is 66.7 Å². The molecule has 3 aromatic carbocycles. The van der Waals surface area contributed by atoms with Gasteiger partial charge >= 0.3 is 0 Å². The molecule has 4 aliphatic rings. The fourth-order valence-corrected chi connectivity index (χ4v) is 7.46. The summed E-state index contributed by atoms with van der Waals surface area (Å²) < 4.78 is 6.51. The van der Waals surface area contributed by atoms with Crippen molar-refractivity contribution >= 4 is 12.2 Å². The Morgan fingerprint density at radius 1 is 1.08 bits per heavy atom. The van der Waals surface area contributed by atoms with Crippen LogP contribution < -0.4 is 10.1 Å². The van der Waals surface area contributed by atoms with E-state index in [1.807, 2.05) is 36.4 Å². The molecule has 6 nitrogen and oxygen atoms in total. The second kappa shape index (κ2) is 9.18. The highest BCUT2D eigenvalue weighted by molar-refractivity contribution is 5.98. The first-order valence-electron chi connectivity index (χ1n) is 13.8. The quantitative estimate of drug-likeness (QED) is 0.380. The van der Waals surface area contributed by atoms with Gasteiger partial charge in [0.05, 0.1) is 5.56 Å². The van der Waals surface area contributed by atoms with Crippen molar-refractivity contribution in [3.63, 3.8) is 0 Å².